The van der Waals surface area contributed by atoms with Gasteiger partial charge in [-0.15, -0.1) is 0 Å². The van der Waals surface area contributed by atoms with Gasteiger partial charge in [0.05, 0.1) is 7.11 Å². The molecule has 0 aromatic carbocycles. The average Bonchev–Trinajstić information content (AvgIpc) is 2.54. The van der Waals surface area contributed by atoms with Gasteiger partial charge in [-0.1, -0.05) is 84.0 Å². The fourth-order valence-electron chi connectivity index (χ4n) is 2.67. The number of unbranched alkanes of at least 4 members (excludes halogenated alkanes) is 11. The van der Waals surface area contributed by atoms with Gasteiger partial charge in [0, 0.05) is 7.05 Å². The monoisotopic (exact) mass is 315 g/mol. The van der Waals surface area contributed by atoms with Crippen molar-refractivity contribution in [3.8, 4) is 0 Å². The van der Waals surface area contributed by atoms with E-state index in [9.17, 15) is 4.79 Å². The zero-order chi connectivity index (χ0) is 16.5. The van der Waals surface area contributed by atoms with Crippen LogP contribution in [0.15, 0.2) is 0 Å². The van der Waals surface area contributed by atoms with Gasteiger partial charge < -0.3 is 4.74 Å². The Hall–Kier alpha value is -0.610. The Labute approximate surface area is 137 Å². The summed E-state index contributed by atoms with van der Waals surface area (Å²) in [7, 11) is 3.06. The van der Waals surface area contributed by atoms with Gasteiger partial charge in [0.15, 0.2) is 6.10 Å². The Morgan fingerprint density at radius 1 is 0.864 bits per heavy atom. The quantitative estimate of drug-likeness (QED) is 0.253. The second kappa shape index (κ2) is 16.8. The molecule has 0 aliphatic carbocycles. The van der Waals surface area contributed by atoms with Crippen molar-refractivity contribution in [3.05, 3.63) is 0 Å². The Kier molecular flexibility index (Phi) is 16.3. The average molecular weight is 315 g/mol. The molecule has 0 aromatic heterocycles. The lowest BCUT2D eigenvalue weighted by atomic mass is 10.0. The summed E-state index contributed by atoms with van der Waals surface area (Å²) >= 11 is 0. The first-order valence-electron chi connectivity index (χ1n) is 9.16. The summed E-state index contributed by atoms with van der Waals surface area (Å²) in [5.41, 5.74) is 2.58. The van der Waals surface area contributed by atoms with Crippen LogP contribution in [0.25, 0.3) is 0 Å². The van der Waals surface area contributed by atoms with Gasteiger partial charge in [0.2, 0.25) is 0 Å². The van der Waals surface area contributed by atoms with E-state index in [1.54, 1.807) is 7.05 Å². The van der Waals surface area contributed by atoms with Crippen molar-refractivity contribution in [1.82, 2.24) is 5.48 Å². The van der Waals surface area contributed by atoms with Crippen molar-refractivity contribution < 1.29 is 14.4 Å². The molecule has 1 atom stereocenters. The molecule has 0 radical (unpaired) electrons. The van der Waals surface area contributed by atoms with Gasteiger partial charge in [-0.05, 0) is 6.42 Å². The van der Waals surface area contributed by atoms with Crippen LogP contribution in [0.5, 0.6) is 0 Å². The number of hydrogen-bond acceptors (Lipinski definition) is 4. The van der Waals surface area contributed by atoms with Crippen LogP contribution < -0.4 is 5.48 Å². The van der Waals surface area contributed by atoms with Gasteiger partial charge in [-0.25, -0.2) is 10.3 Å². The zero-order valence-corrected chi connectivity index (χ0v) is 15.0. The van der Waals surface area contributed by atoms with E-state index >= 15 is 0 Å². The van der Waals surface area contributed by atoms with E-state index in [0.29, 0.717) is 0 Å². The highest BCUT2D eigenvalue weighted by molar-refractivity contribution is 5.74. The van der Waals surface area contributed by atoms with Crippen LogP contribution in [0.2, 0.25) is 0 Å². The first-order chi connectivity index (χ1) is 10.8. The second-order valence-electron chi connectivity index (χ2n) is 6.01. The molecule has 0 fully saturated rings. The lowest BCUT2D eigenvalue weighted by Crippen LogP contribution is -2.30. The summed E-state index contributed by atoms with van der Waals surface area (Å²) < 4.78 is 4.72. The summed E-state index contributed by atoms with van der Waals surface area (Å²) in [5.74, 6) is -0.294. The van der Waals surface area contributed by atoms with Crippen LogP contribution in [-0.2, 0) is 14.4 Å². The first-order valence-corrected chi connectivity index (χ1v) is 9.16. The maximum absolute atomic E-state index is 11.4. The minimum absolute atomic E-state index is 0.294. The molecule has 22 heavy (non-hydrogen) atoms. The van der Waals surface area contributed by atoms with Crippen LogP contribution in [0.3, 0.4) is 0 Å². The predicted molar refractivity (Wildman–Crippen MR) is 91.6 cm³/mol. The molecule has 0 rings (SSSR count). The number of hydrogen-bond donors (Lipinski definition) is 1. The molecule has 0 aliphatic heterocycles. The first kappa shape index (κ1) is 21.4. The highest BCUT2D eigenvalue weighted by atomic mass is 16.7. The molecule has 0 aromatic rings. The Balaban J connectivity index is 3.33. The van der Waals surface area contributed by atoms with Gasteiger partial charge in [0.1, 0.15) is 0 Å². The van der Waals surface area contributed by atoms with E-state index in [4.69, 9.17) is 9.57 Å². The number of hydroxylamine groups is 1. The summed E-state index contributed by atoms with van der Waals surface area (Å²) in [6.45, 7) is 2.26. The molecule has 132 valence electrons. The fourth-order valence-corrected chi connectivity index (χ4v) is 2.67. The Morgan fingerprint density at radius 2 is 1.32 bits per heavy atom. The minimum Gasteiger partial charge on any atom is -0.467 e. The summed E-state index contributed by atoms with van der Waals surface area (Å²) in [6.07, 6.45) is 16.1. The van der Waals surface area contributed by atoms with E-state index < -0.39 is 6.10 Å². The van der Waals surface area contributed by atoms with Crippen LogP contribution in [-0.4, -0.2) is 26.2 Å². The highest BCUT2D eigenvalue weighted by Gasteiger charge is 2.18. The molecule has 4 nitrogen and oxygen atoms in total. The molecule has 4 heteroatoms. The number of nitrogens with one attached hydrogen (secondary N) is 1. The third-order valence-corrected chi connectivity index (χ3v) is 4.04. The maximum atomic E-state index is 11.4. The molecule has 0 amide bonds. The molecule has 0 bridgehead atoms. The lowest BCUT2D eigenvalue weighted by molar-refractivity contribution is -0.159. The second-order valence-corrected chi connectivity index (χ2v) is 6.01. The summed E-state index contributed by atoms with van der Waals surface area (Å²) in [4.78, 5) is 16.6. The van der Waals surface area contributed by atoms with Gasteiger partial charge in [-0.2, -0.15) is 0 Å². The van der Waals surface area contributed by atoms with Gasteiger partial charge in [0.25, 0.3) is 0 Å². The van der Waals surface area contributed by atoms with Crippen molar-refractivity contribution in [2.24, 2.45) is 0 Å². The SMILES string of the molecule is CCCCCCCCCCCCCCC(ONC)C(=O)OC. The molecule has 0 aliphatic rings. The summed E-state index contributed by atoms with van der Waals surface area (Å²) in [6, 6.07) is 0. The molecule has 0 saturated heterocycles. The minimum atomic E-state index is -0.474. The van der Waals surface area contributed by atoms with E-state index in [-0.39, 0.29) is 5.97 Å². The molecule has 1 unspecified atom stereocenters. The summed E-state index contributed by atoms with van der Waals surface area (Å²) in [5, 5.41) is 0. The van der Waals surface area contributed by atoms with Crippen LogP contribution in [0, 0.1) is 0 Å². The third-order valence-electron chi connectivity index (χ3n) is 4.04. The Bertz CT molecular complexity index is 246. The number of methoxy groups -OCH3 is 1. The van der Waals surface area contributed by atoms with Crippen molar-refractivity contribution >= 4 is 5.97 Å². The van der Waals surface area contributed by atoms with Crippen molar-refractivity contribution in [1.29, 1.82) is 0 Å². The van der Waals surface area contributed by atoms with Crippen LogP contribution in [0.4, 0.5) is 0 Å². The van der Waals surface area contributed by atoms with Crippen LogP contribution >= 0.6 is 0 Å². The number of carbonyl (C=O) groups excluding carboxylic acids is 1. The zero-order valence-electron chi connectivity index (χ0n) is 15.0. The topological polar surface area (TPSA) is 47.6 Å². The molecule has 0 spiro atoms. The predicted octanol–water partition coefficient (Wildman–Crippen LogP) is 4.77. The largest absolute Gasteiger partial charge is 0.467 e. The maximum Gasteiger partial charge on any atom is 0.337 e. The number of ether oxygens (including phenoxy) is 1. The molecular weight excluding hydrogens is 278 g/mol. The smallest absolute Gasteiger partial charge is 0.337 e. The van der Waals surface area contributed by atoms with E-state index in [0.717, 1.165) is 19.3 Å². The highest BCUT2D eigenvalue weighted by Crippen LogP contribution is 2.13. The molecule has 0 saturated carbocycles. The van der Waals surface area contributed by atoms with Crippen molar-refractivity contribution in [3.63, 3.8) is 0 Å². The third kappa shape index (κ3) is 13.1. The number of esters is 1. The van der Waals surface area contributed by atoms with E-state index in [2.05, 4.69) is 12.4 Å². The Morgan fingerprint density at radius 3 is 1.73 bits per heavy atom. The number of rotatable bonds is 16. The number of carbonyl (C=O) groups is 1. The molecular formula is C18H37NO3. The van der Waals surface area contributed by atoms with E-state index in [1.807, 2.05) is 0 Å². The molecule has 1 N–H and O–H groups in total. The van der Waals surface area contributed by atoms with Crippen LogP contribution in [0.1, 0.15) is 90.4 Å². The molecule has 0 heterocycles. The van der Waals surface area contributed by atoms with Crippen molar-refractivity contribution in [2.45, 2.75) is 96.5 Å². The van der Waals surface area contributed by atoms with E-state index in [1.165, 1.54) is 71.3 Å². The normalized spacial score (nSPS) is 12.3. The lowest BCUT2D eigenvalue weighted by Gasteiger charge is -2.13. The standard InChI is InChI=1S/C18H37NO3/c1-4-5-6-7-8-9-10-11-12-13-14-15-16-17(22-19-2)18(20)21-3/h17,19H,4-16H2,1-3H3. The fraction of sp³-hybridized carbons (Fsp3) is 0.944. The van der Waals surface area contributed by atoms with Gasteiger partial charge >= 0.3 is 5.97 Å². The van der Waals surface area contributed by atoms with Crippen molar-refractivity contribution in [2.75, 3.05) is 14.2 Å². The van der Waals surface area contributed by atoms with Gasteiger partial charge in [-0.3, -0.25) is 4.84 Å².